The van der Waals surface area contributed by atoms with Crippen molar-refractivity contribution in [1.29, 1.82) is 0 Å². The average Bonchev–Trinajstić information content (AvgIpc) is 3.30. The van der Waals surface area contributed by atoms with E-state index in [2.05, 4.69) is 9.72 Å². The van der Waals surface area contributed by atoms with E-state index in [4.69, 9.17) is 0 Å². The molecule has 0 unspecified atom stereocenters. The molecule has 2 aromatic heterocycles. The molecule has 1 fully saturated rings. The molecule has 24 heavy (non-hydrogen) atoms. The molecule has 1 saturated carbocycles. The zero-order valence-corrected chi connectivity index (χ0v) is 13.1. The third-order valence-electron chi connectivity index (χ3n) is 3.90. The Morgan fingerprint density at radius 3 is 2.54 bits per heavy atom. The lowest BCUT2D eigenvalue weighted by Gasteiger charge is -2.09. The molecule has 1 aliphatic carbocycles. The number of aromatic nitrogens is 2. The van der Waals surface area contributed by atoms with Gasteiger partial charge in [-0.05, 0) is 49.1 Å². The summed E-state index contributed by atoms with van der Waals surface area (Å²) >= 11 is 1.47. The molecule has 5 nitrogen and oxygen atoms in total. The van der Waals surface area contributed by atoms with Gasteiger partial charge >= 0.3 is 17.7 Å². The summed E-state index contributed by atoms with van der Waals surface area (Å²) in [4.78, 5) is 28.6. The third kappa shape index (κ3) is 2.62. The molecule has 2 heterocycles. The summed E-state index contributed by atoms with van der Waals surface area (Å²) in [5.74, 6) is 0.489. The van der Waals surface area contributed by atoms with E-state index < -0.39 is 17.7 Å². The van der Waals surface area contributed by atoms with Crippen LogP contribution in [0.3, 0.4) is 0 Å². The highest BCUT2D eigenvalue weighted by atomic mass is 32.1. The van der Waals surface area contributed by atoms with Gasteiger partial charge in [-0.1, -0.05) is 0 Å². The molecule has 0 atom stereocenters. The minimum atomic E-state index is -2.91. The molecule has 124 valence electrons. The van der Waals surface area contributed by atoms with E-state index in [0.29, 0.717) is 22.0 Å². The molecule has 8 heteroatoms. The number of aromatic amines is 1. The predicted molar refractivity (Wildman–Crippen MR) is 86.6 cm³/mol. The van der Waals surface area contributed by atoms with Crippen LogP contribution in [-0.2, 0) is 0 Å². The Kier molecular flexibility index (Phi) is 3.49. The van der Waals surface area contributed by atoms with Crippen molar-refractivity contribution in [3.63, 3.8) is 0 Å². The van der Waals surface area contributed by atoms with Crippen LogP contribution in [-0.4, -0.2) is 16.2 Å². The van der Waals surface area contributed by atoms with Crippen molar-refractivity contribution in [2.24, 2.45) is 0 Å². The zero-order valence-electron chi connectivity index (χ0n) is 12.3. The summed E-state index contributed by atoms with van der Waals surface area (Å²) in [6.45, 7) is -2.91. The van der Waals surface area contributed by atoms with Gasteiger partial charge in [0.05, 0.1) is 5.52 Å². The minimum absolute atomic E-state index is 0.00753. The minimum Gasteiger partial charge on any atom is -0.435 e. The maximum absolute atomic E-state index is 12.3. The molecule has 3 aromatic rings. The van der Waals surface area contributed by atoms with Crippen LogP contribution in [0.15, 0.2) is 39.9 Å². The number of nitrogens with one attached hydrogen (secondary N) is 1. The Morgan fingerprint density at radius 2 is 1.92 bits per heavy atom. The number of H-pyrrole nitrogens is 1. The first kappa shape index (κ1) is 15.1. The quantitative estimate of drug-likeness (QED) is 0.735. The lowest BCUT2D eigenvalue weighted by molar-refractivity contribution is -0.0498. The Hall–Kier alpha value is -2.48. The lowest BCUT2D eigenvalue weighted by atomic mass is 10.2. The summed E-state index contributed by atoms with van der Waals surface area (Å²) in [5.41, 5.74) is -0.364. The van der Waals surface area contributed by atoms with Crippen LogP contribution >= 0.6 is 11.3 Å². The highest BCUT2D eigenvalue weighted by Crippen LogP contribution is 2.44. The van der Waals surface area contributed by atoms with Crippen molar-refractivity contribution in [1.82, 2.24) is 9.55 Å². The molecule has 0 amide bonds. The van der Waals surface area contributed by atoms with Crippen molar-refractivity contribution in [2.45, 2.75) is 25.4 Å². The SMILES string of the molecule is O=c1[nH]c2sc(C3CC3)cc2n(-c2ccc(OC(F)F)cc2)c1=O. The number of hydrogen-bond donors (Lipinski definition) is 1. The van der Waals surface area contributed by atoms with Gasteiger partial charge in [0.25, 0.3) is 0 Å². The molecule has 0 bridgehead atoms. The standard InChI is InChI=1S/C16H12F2N2O3S/c17-16(18)23-10-5-3-9(4-6-10)20-11-7-12(8-1-2-8)24-14(11)19-13(21)15(20)22/h3-8,16H,1-2H2,(H,19,21). The number of nitrogens with zero attached hydrogens (tertiary/aromatic N) is 1. The Balaban J connectivity index is 1.86. The van der Waals surface area contributed by atoms with E-state index in [9.17, 15) is 18.4 Å². The second-order valence-electron chi connectivity index (χ2n) is 5.60. The number of halogens is 2. The number of thiophene rings is 1. The highest BCUT2D eigenvalue weighted by Gasteiger charge is 2.26. The number of alkyl halides is 2. The van der Waals surface area contributed by atoms with Crippen LogP contribution in [0.2, 0.25) is 0 Å². The molecular formula is C16H12F2N2O3S. The molecule has 0 spiro atoms. The number of benzene rings is 1. The molecule has 1 aliphatic rings. The molecule has 0 aliphatic heterocycles. The first-order chi connectivity index (χ1) is 11.5. The topological polar surface area (TPSA) is 64.1 Å². The Bertz CT molecular complexity index is 1020. The monoisotopic (exact) mass is 350 g/mol. The Labute approximate surface area is 138 Å². The van der Waals surface area contributed by atoms with Gasteiger partial charge in [0.15, 0.2) is 0 Å². The van der Waals surface area contributed by atoms with E-state index in [1.165, 1.54) is 40.2 Å². The van der Waals surface area contributed by atoms with Crippen LogP contribution in [0, 0.1) is 0 Å². The fourth-order valence-corrected chi connectivity index (χ4v) is 3.83. The van der Waals surface area contributed by atoms with Gasteiger partial charge in [-0.3, -0.25) is 14.2 Å². The molecular weight excluding hydrogens is 338 g/mol. The van der Waals surface area contributed by atoms with Gasteiger partial charge in [-0.2, -0.15) is 8.78 Å². The fourth-order valence-electron chi connectivity index (χ4n) is 2.63. The summed E-state index contributed by atoms with van der Waals surface area (Å²) in [5, 5.41) is 0. The first-order valence-corrected chi connectivity index (χ1v) is 8.18. The largest absolute Gasteiger partial charge is 0.435 e. The first-order valence-electron chi connectivity index (χ1n) is 7.37. The van der Waals surface area contributed by atoms with Crippen LogP contribution in [0.25, 0.3) is 16.0 Å². The normalized spacial score (nSPS) is 14.5. The number of rotatable bonds is 4. The van der Waals surface area contributed by atoms with E-state index >= 15 is 0 Å². The van der Waals surface area contributed by atoms with E-state index in [1.54, 1.807) is 0 Å². The smallest absolute Gasteiger partial charge is 0.387 e. The fraction of sp³-hybridized carbons (Fsp3) is 0.250. The summed E-state index contributed by atoms with van der Waals surface area (Å²) in [7, 11) is 0. The van der Waals surface area contributed by atoms with Gasteiger partial charge in [0, 0.05) is 10.6 Å². The summed E-state index contributed by atoms with van der Waals surface area (Å²) in [6, 6.07) is 7.56. The van der Waals surface area contributed by atoms with E-state index in [0.717, 1.165) is 17.7 Å². The molecule has 1 aromatic carbocycles. The van der Waals surface area contributed by atoms with Gasteiger partial charge in [-0.15, -0.1) is 11.3 Å². The van der Waals surface area contributed by atoms with Gasteiger partial charge < -0.3 is 9.72 Å². The van der Waals surface area contributed by atoms with Gasteiger partial charge in [0.2, 0.25) is 0 Å². The second-order valence-corrected chi connectivity index (χ2v) is 6.69. The van der Waals surface area contributed by atoms with Crippen molar-refractivity contribution in [3.05, 3.63) is 55.9 Å². The van der Waals surface area contributed by atoms with E-state index in [-0.39, 0.29) is 5.75 Å². The third-order valence-corrected chi connectivity index (χ3v) is 5.10. The summed E-state index contributed by atoms with van der Waals surface area (Å²) < 4.78 is 30.1. The number of hydrogen-bond acceptors (Lipinski definition) is 4. The van der Waals surface area contributed by atoms with Gasteiger partial charge in [0.1, 0.15) is 10.6 Å². The maximum atomic E-state index is 12.3. The van der Waals surface area contributed by atoms with Crippen molar-refractivity contribution < 1.29 is 13.5 Å². The highest BCUT2D eigenvalue weighted by molar-refractivity contribution is 7.18. The van der Waals surface area contributed by atoms with Gasteiger partial charge in [-0.25, -0.2) is 0 Å². The predicted octanol–water partition coefficient (Wildman–Crippen LogP) is 3.22. The van der Waals surface area contributed by atoms with Crippen molar-refractivity contribution >= 4 is 21.7 Å². The van der Waals surface area contributed by atoms with Crippen LogP contribution in [0.4, 0.5) is 8.78 Å². The number of fused-ring (bicyclic) bond motifs is 1. The van der Waals surface area contributed by atoms with Crippen molar-refractivity contribution in [2.75, 3.05) is 0 Å². The van der Waals surface area contributed by atoms with E-state index in [1.807, 2.05) is 6.07 Å². The lowest BCUT2D eigenvalue weighted by Crippen LogP contribution is -2.35. The number of ether oxygens (including phenoxy) is 1. The van der Waals surface area contributed by atoms with Crippen LogP contribution < -0.4 is 15.9 Å². The molecule has 0 radical (unpaired) electrons. The molecule has 1 N–H and O–H groups in total. The molecule has 0 saturated heterocycles. The average molecular weight is 350 g/mol. The van der Waals surface area contributed by atoms with Crippen molar-refractivity contribution in [3.8, 4) is 11.4 Å². The van der Waals surface area contributed by atoms with Crippen LogP contribution in [0.5, 0.6) is 5.75 Å². The molecule has 4 rings (SSSR count). The second kappa shape index (κ2) is 5.55. The maximum Gasteiger partial charge on any atom is 0.387 e. The summed E-state index contributed by atoms with van der Waals surface area (Å²) in [6.07, 6.45) is 2.22. The Morgan fingerprint density at radius 1 is 1.21 bits per heavy atom. The van der Waals surface area contributed by atoms with Crippen LogP contribution in [0.1, 0.15) is 23.6 Å². The zero-order chi connectivity index (χ0) is 16.8.